The maximum atomic E-state index is 7.09. The number of hydrogen-bond acceptors (Lipinski definition) is 7. The van der Waals surface area contributed by atoms with Crippen LogP contribution in [0.15, 0.2) is 0 Å². The highest BCUT2D eigenvalue weighted by Gasteiger charge is 2.66. The molecule has 1 unspecified atom stereocenters. The van der Waals surface area contributed by atoms with Gasteiger partial charge in [0.25, 0.3) is 0 Å². The molecule has 7 nitrogen and oxygen atoms in total. The molecule has 0 amide bonds. The number of fused-ring (bicyclic) bond motifs is 5. The van der Waals surface area contributed by atoms with Gasteiger partial charge in [0.15, 0.2) is 0 Å². The fourth-order valence-corrected chi connectivity index (χ4v) is 11.9. The van der Waals surface area contributed by atoms with Gasteiger partial charge in [0.1, 0.15) is 0 Å². The van der Waals surface area contributed by atoms with E-state index >= 15 is 0 Å². The van der Waals surface area contributed by atoms with E-state index in [0.29, 0.717) is 78.9 Å². The van der Waals surface area contributed by atoms with Crippen molar-refractivity contribution in [3.05, 3.63) is 0 Å². The van der Waals surface area contributed by atoms with Gasteiger partial charge in [-0.15, -0.1) is 0 Å². The first-order valence-electron chi connectivity index (χ1n) is 22.0. The van der Waals surface area contributed by atoms with E-state index in [1.54, 1.807) is 0 Å². The summed E-state index contributed by atoms with van der Waals surface area (Å²) >= 11 is 0. The Morgan fingerprint density at radius 1 is 0.680 bits per heavy atom. The quantitative estimate of drug-likeness (QED) is 0.0823. The van der Waals surface area contributed by atoms with Crippen molar-refractivity contribution >= 4 is 0 Å². The van der Waals surface area contributed by atoms with Crippen LogP contribution in [-0.4, -0.2) is 82.3 Å². The van der Waals surface area contributed by atoms with E-state index in [1.807, 2.05) is 0 Å². The minimum atomic E-state index is 0.179. The molecular weight excluding hydrogens is 620 g/mol. The van der Waals surface area contributed by atoms with Crippen LogP contribution in [0.1, 0.15) is 150 Å². The van der Waals surface area contributed by atoms with Gasteiger partial charge in [-0.2, -0.15) is 0 Å². The summed E-state index contributed by atoms with van der Waals surface area (Å²) in [4.78, 5) is 2.79. The molecule has 11 atom stereocenters. The highest BCUT2D eigenvalue weighted by atomic mass is 16.5. The lowest BCUT2D eigenvalue weighted by atomic mass is 9.43. The van der Waals surface area contributed by atoms with Crippen LogP contribution in [0.3, 0.4) is 0 Å². The standard InChI is InChI=1S/C43H84N4O3/c1-6-8-10-24-47(25-11-9-7-2)26-12-16-33(3)36-17-18-37-41-38(32-40(43(36,37)5)50-29-15-23-46)42(4)20-19-35(48-27-13-21-44)30-34(42)31-39(41)49-28-14-22-45/h33-41H,6-32,44-46H2,1-5H3/t33-,34+,35-,36-,37+,38+,39-,40?,41+,42+,43-/m1/s1. The summed E-state index contributed by atoms with van der Waals surface area (Å²) in [6, 6.07) is 0. The number of unbranched alkanes of at least 4 members (excludes halogenated alkanes) is 4. The Hall–Kier alpha value is -0.280. The van der Waals surface area contributed by atoms with Gasteiger partial charge >= 0.3 is 0 Å². The molecule has 4 fully saturated rings. The molecule has 0 aromatic heterocycles. The van der Waals surface area contributed by atoms with Crippen LogP contribution < -0.4 is 17.2 Å². The summed E-state index contributed by atoms with van der Waals surface area (Å²) < 4.78 is 20.5. The van der Waals surface area contributed by atoms with Crippen molar-refractivity contribution in [3.8, 4) is 0 Å². The zero-order chi connectivity index (χ0) is 36.0. The minimum Gasteiger partial charge on any atom is -0.378 e. The van der Waals surface area contributed by atoms with Crippen LogP contribution >= 0.6 is 0 Å². The SMILES string of the molecule is CCCCCN(CCCCC)CCC[C@@H](C)[C@H]1CC[C@H]2[C@@H]3[C@H](OCCCN)C[C@@H]4C[C@H](OCCCN)CC[C@]4(C)[C@H]3CC(OCCCN)[C@]12C. The van der Waals surface area contributed by atoms with Crippen LogP contribution in [0.2, 0.25) is 0 Å². The van der Waals surface area contributed by atoms with Crippen LogP contribution in [0.4, 0.5) is 0 Å². The fourth-order valence-electron chi connectivity index (χ4n) is 11.9. The van der Waals surface area contributed by atoms with Crippen molar-refractivity contribution in [2.45, 2.75) is 169 Å². The summed E-state index contributed by atoms with van der Waals surface area (Å²) in [5.41, 5.74) is 18.3. The molecule has 294 valence electrons. The number of nitrogens with zero attached hydrogens (tertiary/aromatic N) is 1. The molecule has 0 radical (unpaired) electrons. The molecule has 0 aromatic rings. The van der Waals surface area contributed by atoms with E-state index in [4.69, 9.17) is 31.4 Å². The average molecular weight is 705 g/mol. The van der Waals surface area contributed by atoms with Crippen molar-refractivity contribution in [1.82, 2.24) is 4.90 Å². The third kappa shape index (κ3) is 10.5. The van der Waals surface area contributed by atoms with Gasteiger partial charge < -0.3 is 36.3 Å². The maximum absolute atomic E-state index is 7.09. The predicted molar refractivity (Wildman–Crippen MR) is 210 cm³/mol. The maximum Gasteiger partial charge on any atom is 0.0637 e. The Labute approximate surface area is 309 Å². The van der Waals surface area contributed by atoms with Gasteiger partial charge in [0.05, 0.1) is 18.3 Å². The Balaban J connectivity index is 1.53. The third-order valence-electron chi connectivity index (χ3n) is 14.8. The van der Waals surface area contributed by atoms with Gasteiger partial charge in [0.2, 0.25) is 0 Å². The Morgan fingerprint density at radius 2 is 1.30 bits per heavy atom. The fraction of sp³-hybridized carbons (Fsp3) is 1.00. The molecule has 0 spiro atoms. The molecule has 4 saturated carbocycles. The van der Waals surface area contributed by atoms with E-state index in [0.717, 1.165) is 45.5 Å². The average Bonchev–Trinajstić information content (AvgIpc) is 3.47. The van der Waals surface area contributed by atoms with Crippen LogP contribution in [0.25, 0.3) is 0 Å². The van der Waals surface area contributed by atoms with E-state index in [9.17, 15) is 0 Å². The Kier molecular flexibility index (Phi) is 18.3. The molecule has 0 aromatic carbocycles. The van der Waals surface area contributed by atoms with Crippen molar-refractivity contribution < 1.29 is 14.2 Å². The first kappa shape index (κ1) is 42.5. The highest BCUT2D eigenvalue weighted by Crippen LogP contribution is 2.69. The van der Waals surface area contributed by atoms with E-state index in [2.05, 4.69) is 39.5 Å². The second-order valence-corrected chi connectivity index (χ2v) is 17.9. The summed E-state index contributed by atoms with van der Waals surface area (Å²) in [6.07, 6.45) is 23.1. The summed E-state index contributed by atoms with van der Waals surface area (Å²) in [6.45, 7) is 20.9. The zero-order valence-corrected chi connectivity index (χ0v) is 33.7. The monoisotopic (exact) mass is 705 g/mol. The predicted octanol–water partition coefficient (Wildman–Crippen LogP) is 8.17. The summed E-state index contributed by atoms with van der Waals surface area (Å²) in [7, 11) is 0. The number of ether oxygens (including phenoxy) is 3. The molecular formula is C43H84N4O3. The summed E-state index contributed by atoms with van der Waals surface area (Å²) in [5, 5.41) is 0. The van der Waals surface area contributed by atoms with E-state index in [1.165, 1.54) is 110 Å². The first-order valence-corrected chi connectivity index (χ1v) is 22.0. The lowest BCUT2D eigenvalue weighted by Gasteiger charge is -2.65. The van der Waals surface area contributed by atoms with Crippen molar-refractivity contribution in [2.75, 3.05) is 59.1 Å². The zero-order valence-electron chi connectivity index (χ0n) is 33.7. The second kappa shape index (κ2) is 21.6. The van der Waals surface area contributed by atoms with Crippen molar-refractivity contribution in [3.63, 3.8) is 0 Å². The topological polar surface area (TPSA) is 109 Å². The molecule has 4 rings (SSSR count). The van der Waals surface area contributed by atoms with E-state index in [-0.39, 0.29) is 5.41 Å². The molecule has 0 bridgehead atoms. The normalized spacial score (nSPS) is 35.9. The van der Waals surface area contributed by atoms with Gasteiger partial charge in [-0.05, 0) is 170 Å². The molecule has 7 heteroatoms. The lowest BCUT2D eigenvalue weighted by molar-refractivity contribution is -0.227. The highest BCUT2D eigenvalue weighted by molar-refractivity contribution is 5.15. The van der Waals surface area contributed by atoms with Crippen LogP contribution in [-0.2, 0) is 14.2 Å². The molecule has 0 heterocycles. The Bertz CT molecular complexity index is 915. The molecule has 50 heavy (non-hydrogen) atoms. The third-order valence-corrected chi connectivity index (χ3v) is 14.8. The number of hydrogen-bond donors (Lipinski definition) is 3. The van der Waals surface area contributed by atoms with Gasteiger partial charge in [-0.3, -0.25) is 0 Å². The lowest BCUT2D eigenvalue weighted by Crippen LogP contribution is -2.63. The van der Waals surface area contributed by atoms with Crippen molar-refractivity contribution in [2.24, 2.45) is 63.5 Å². The first-order chi connectivity index (χ1) is 24.3. The molecule has 4 aliphatic carbocycles. The minimum absolute atomic E-state index is 0.179. The number of nitrogens with two attached hydrogens (primary N) is 3. The van der Waals surface area contributed by atoms with Crippen molar-refractivity contribution in [1.29, 1.82) is 0 Å². The van der Waals surface area contributed by atoms with Gasteiger partial charge in [0, 0.05) is 25.2 Å². The Morgan fingerprint density at radius 3 is 1.94 bits per heavy atom. The van der Waals surface area contributed by atoms with Gasteiger partial charge in [-0.1, -0.05) is 60.3 Å². The molecule has 6 N–H and O–H groups in total. The molecule has 4 aliphatic rings. The van der Waals surface area contributed by atoms with Crippen LogP contribution in [0, 0.1) is 46.3 Å². The summed E-state index contributed by atoms with van der Waals surface area (Å²) in [5.74, 6) is 3.92. The van der Waals surface area contributed by atoms with E-state index < -0.39 is 0 Å². The number of rotatable bonds is 25. The van der Waals surface area contributed by atoms with Crippen LogP contribution in [0.5, 0.6) is 0 Å². The smallest absolute Gasteiger partial charge is 0.0637 e. The molecule has 0 aliphatic heterocycles. The largest absolute Gasteiger partial charge is 0.378 e. The van der Waals surface area contributed by atoms with Gasteiger partial charge in [-0.25, -0.2) is 0 Å². The second-order valence-electron chi connectivity index (χ2n) is 17.9. The molecule has 0 saturated heterocycles.